The first-order valence-electron chi connectivity index (χ1n) is 7.58. The summed E-state index contributed by atoms with van der Waals surface area (Å²) >= 11 is 7.47. The summed E-state index contributed by atoms with van der Waals surface area (Å²) in [4.78, 5) is 13.9. The Morgan fingerprint density at radius 1 is 1.20 bits per heavy atom. The molecule has 6 nitrogen and oxygen atoms in total. The molecule has 0 fully saturated rings. The predicted octanol–water partition coefficient (Wildman–Crippen LogP) is 3.99. The van der Waals surface area contributed by atoms with Crippen molar-refractivity contribution >= 4 is 28.1 Å². The van der Waals surface area contributed by atoms with Crippen LogP contribution in [0.4, 0.5) is 5.13 Å². The monoisotopic (exact) mass is 376 g/mol. The van der Waals surface area contributed by atoms with Crippen LogP contribution in [0, 0.1) is 0 Å². The molecule has 0 saturated heterocycles. The van der Waals surface area contributed by atoms with Crippen molar-refractivity contribution in [2.75, 3.05) is 32.7 Å². The summed E-state index contributed by atoms with van der Waals surface area (Å²) in [5.41, 5.74) is 2.49. The van der Waals surface area contributed by atoms with Gasteiger partial charge in [-0.2, -0.15) is 0 Å². The third kappa shape index (κ3) is 4.25. The molecule has 2 heterocycles. The normalized spacial score (nSPS) is 10.7. The zero-order valence-corrected chi connectivity index (χ0v) is 15.4. The predicted molar refractivity (Wildman–Crippen MR) is 101 cm³/mol. The number of hydrogen-bond acceptors (Lipinski definition) is 7. The van der Waals surface area contributed by atoms with E-state index in [4.69, 9.17) is 26.1 Å². The molecule has 1 N–H and O–H groups in total. The van der Waals surface area contributed by atoms with Gasteiger partial charge < -0.3 is 14.8 Å². The molecule has 0 radical (unpaired) electrons. The second kappa shape index (κ2) is 8.24. The summed E-state index contributed by atoms with van der Waals surface area (Å²) in [6.45, 7) is 1.27. The second-order valence-electron chi connectivity index (χ2n) is 5.06. The number of methoxy groups -OCH3 is 2. The summed E-state index contributed by atoms with van der Waals surface area (Å²) in [6, 6.07) is 9.59. The van der Waals surface area contributed by atoms with Gasteiger partial charge in [-0.05, 0) is 29.8 Å². The molecule has 130 valence electrons. The van der Waals surface area contributed by atoms with Crippen LogP contribution < -0.4 is 10.1 Å². The fraction of sp³-hybridized carbons (Fsp3) is 0.235. The third-order valence-corrected chi connectivity index (χ3v) is 4.63. The number of nitrogens with one attached hydrogen (secondary N) is 1. The van der Waals surface area contributed by atoms with Crippen LogP contribution in [0.15, 0.2) is 36.5 Å². The lowest BCUT2D eigenvalue weighted by atomic mass is 10.1. The van der Waals surface area contributed by atoms with Crippen LogP contribution in [0.5, 0.6) is 5.75 Å². The van der Waals surface area contributed by atoms with E-state index < -0.39 is 0 Å². The van der Waals surface area contributed by atoms with Crippen LogP contribution in [-0.2, 0) is 4.74 Å². The maximum Gasteiger partial charge on any atom is 0.222 e. The first-order chi connectivity index (χ1) is 12.2. The quantitative estimate of drug-likeness (QED) is 0.496. The summed E-state index contributed by atoms with van der Waals surface area (Å²) in [5, 5.41) is 4.26. The lowest BCUT2D eigenvalue weighted by Crippen LogP contribution is -2.06. The first kappa shape index (κ1) is 17.6. The zero-order chi connectivity index (χ0) is 17.6. The van der Waals surface area contributed by atoms with Gasteiger partial charge in [0.05, 0.1) is 30.0 Å². The number of nitrogens with zero attached hydrogens (tertiary/aromatic N) is 3. The standard InChI is InChI=1S/C17H17ClN4O2S/c1-23-9-8-20-17-22-14(11-4-3-5-12(10-11)24-2)15(25-17)13-6-7-19-16(18)21-13/h3-7,10H,8-9H2,1-2H3,(H,20,22). The Hall–Kier alpha value is -2.22. The molecular weight excluding hydrogens is 360 g/mol. The first-order valence-corrected chi connectivity index (χ1v) is 8.77. The van der Waals surface area contributed by atoms with Gasteiger partial charge >= 0.3 is 0 Å². The highest BCUT2D eigenvalue weighted by atomic mass is 35.5. The highest BCUT2D eigenvalue weighted by Gasteiger charge is 2.17. The van der Waals surface area contributed by atoms with Crippen molar-refractivity contribution in [1.29, 1.82) is 0 Å². The molecule has 1 aromatic carbocycles. The van der Waals surface area contributed by atoms with E-state index in [1.807, 2.05) is 30.3 Å². The molecule has 0 aliphatic rings. The van der Waals surface area contributed by atoms with Crippen molar-refractivity contribution in [2.24, 2.45) is 0 Å². The van der Waals surface area contributed by atoms with Gasteiger partial charge in [0.15, 0.2) is 5.13 Å². The molecule has 8 heteroatoms. The minimum atomic E-state index is 0.205. The Morgan fingerprint density at radius 3 is 2.84 bits per heavy atom. The number of hydrogen-bond donors (Lipinski definition) is 1. The largest absolute Gasteiger partial charge is 0.497 e. The van der Waals surface area contributed by atoms with Gasteiger partial charge in [0.1, 0.15) is 5.75 Å². The molecule has 0 atom stereocenters. The molecule has 0 aliphatic heterocycles. The molecule has 25 heavy (non-hydrogen) atoms. The van der Waals surface area contributed by atoms with E-state index in [1.165, 1.54) is 11.3 Å². The number of thiazole rings is 1. The Balaban J connectivity index is 2.04. The van der Waals surface area contributed by atoms with E-state index >= 15 is 0 Å². The van der Waals surface area contributed by atoms with Crippen molar-refractivity contribution in [1.82, 2.24) is 15.0 Å². The van der Waals surface area contributed by atoms with E-state index in [9.17, 15) is 0 Å². The van der Waals surface area contributed by atoms with E-state index in [0.717, 1.165) is 32.7 Å². The maximum absolute atomic E-state index is 5.96. The molecule has 0 bridgehead atoms. The smallest absolute Gasteiger partial charge is 0.222 e. The molecule has 2 aromatic heterocycles. The van der Waals surface area contributed by atoms with E-state index in [2.05, 4.69) is 15.3 Å². The zero-order valence-electron chi connectivity index (χ0n) is 13.8. The number of ether oxygens (including phenoxy) is 2. The lowest BCUT2D eigenvalue weighted by Gasteiger charge is -2.04. The highest BCUT2D eigenvalue weighted by Crippen LogP contribution is 2.39. The average Bonchev–Trinajstić information content (AvgIpc) is 3.06. The van der Waals surface area contributed by atoms with Crippen molar-refractivity contribution in [3.63, 3.8) is 0 Å². The molecule has 0 amide bonds. The van der Waals surface area contributed by atoms with Crippen LogP contribution in [0.1, 0.15) is 0 Å². The van der Waals surface area contributed by atoms with Gasteiger partial charge in [-0.1, -0.05) is 23.5 Å². The fourth-order valence-corrected chi connectivity index (χ4v) is 3.39. The SMILES string of the molecule is COCCNc1nc(-c2cccc(OC)c2)c(-c2ccnc(Cl)n2)s1. The molecule has 0 spiro atoms. The number of aromatic nitrogens is 3. The minimum absolute atomic E-state index is 0.205. The number of rotatable bonds is 7. The Labute approximate surface area is 154 Å². The van der Waals surface area contributed by atoms with Crippen LogP contribution in [0.2, 0.25) is 5.28 Å². The van der Waals surface area contributed by atoms with Crippen LogP contribution in [0.3, 0.4) is 0 Å². The molecular formula is C17H17ClN4O2S. The maximum atomic E-state index is 5.96. The van der Waals surface area contributed by atoms with Crippen LogP contribution >= 0.6 is 22.9 Å². The summed E-state index contributed by atoms with van der Waals surface area (Å²) in [5.74, 6) is 0.770. The third-order valence-electron chi connectivity index (χ3n) is 3.41. The fourth-order valence-electron chi connectivity index (χ4n) is 2.26. The summed E-state index contributed by atoms with van der Waals surface area (Å²) in [6.07, 6.45) is 1.64. The topological polar surface area (TPSA) is 69.2 Å². The van der Waals surface area contributed by atoms with Crippen LogP contribution in [0.25, 0.3) is 21.8 Å². The Kier molecular flexibility index (Phi) is 5.80. The number of halogens is 1. The van der Waals surface area contributed by atoms with Gasteiger partial charge in [0.2, 0.25) is 5.28 Å². The molecule has 3 rings (SSSR count). The van der Waals surface area contributed by atoms with E-state index in [-0.39, 0.29) is 5.28 Å². The molecule has 3 aromatic rings. The van der Waals surface area contributed by atoms with Gasteiger partial charge in [0.25, 0.3) is 0 Å². The summed E-state index contributed by atoms with van der Waals surface area (Å²) < 4.78 is 10.4. The molecule has 0 saturated carbocycles. The van der Waals surface area contributed by atoms with E-state index in [0.29, 0.717) is 13.2 Å². The van der Waals surface area contributed by atoms with Gasteiger partial charge in [0, 0.05) is 25.4 Å². The number of anilines is 1. The van der Waals surface area contributed by atoms with E-state index in [1.54, 1.807) is 20.4 Å². The van der Waals surface area contributed by atoms with Crippen molar-refractivity contribution in [2.45, 2.75) is 0 Å². The van der Waals surface area contributed by atoms with Crippen molar-refractivity contribution < 1.29 is 9.47 Å². The Morgan fingerprint density at radius 2 is 2.08 bits per heavy atom. The van der Waals surface area contributed by atoms with Crippen molar-refractivity contribution in [3.05, 3.63) is 41.8 Å². The molecule has 0 unspecified atom stereocenters. The van der Waals surface area contributed by atoms with Crippen molar-refractivity contribution in [3.8, 4) is 27.6 Å². The van der Waals surface area contributed by atoms with Gasteiger partial charge in [-0.25, -0.2) is 15.0 Å². The second-order valence-corrected chi connectivity index (χ2v) is 6.40. The average molecular weight is 377 g/mol. The van der Waals surface area contributed by atoms with Gasteiger partial charge in [-0.15, -0.1) is 0 Å². The molecule has 0 aliphatic carbocycles. The summed E-state index contributed by atoms with van der Waals surface area (Å²) in [7, 11) is 3.31. The van der Waals surface area contributed by atoms with Gasteiger partial charge in [-0.3, -0.25) is 0 Å². The minimum Gasteiger partial charge on any atom is -0.497 e. The van der Waals surface area contributed by atoms with Crippen LogP contribution in [-0.4, -0.2) is 42.3 Å². The number of benzene rings is 1. The Bertz CT molecular complexity index is 856. The lowest BCUT2D eigenvalue weighted by molar-refractivity contribution is 0.211. The highest BCUT2D eigenvalue weighted by molar-refractivity contribution is 7.19.